The Labute approximate surface area is 144 Å². The van der Waals surface area contributed by atoms with Gasteiger partial charge >= 0.3 is 0 Å². The third-order valence-electron chi connectivity index (χ3n) is 4.72. The molecule has 3 aromatic rings. The number of nitrogens with zero attached hydrogens (tertiary/aromatic N) is 1. The van der Waals surface area contributed by atoms with Gasteiger partial charge in [0.2, 0.25) is 0 Å². The van der Waals surface area contributed by atoms with Crippen LogP contribution in [0.4, 0.5) is 0 Å². The van der Waals surface area contributed by atoms with Crippen LogP contribution in [0.25, 0.3) is 10.9 Å². The lowest BCUT2D eigenvalue weighted by Crippen LogP contribution is -2.40. The van der Waals surface area contributed by atoms with Gasteiger partial charge < -0.3 is 20.7 Å². The Bertz CT molecular complexity index is 898. The molecular weight excluding hydrogens is 318 g/mol. The van der Waals surface area contributed by atoms with E-state index in [1.165, 1.54) is 0 Å². The first-order chi connectivity index (χ1) is 12.3. The summed E-state index contributed by atoms with van der Waals surface area (Å²) in [6.07, 6.45) is 3.32. The molecule has 1 aliphatic heterocycles. The van der Waals surface area contributed by atoms with E-state index in [2.05, 4.69) is 25.8 Å². The van der Waals surface area contributed by atoms with E-state index >= 15 is 0 Å². The van der Waals surface area contributed by atoms with Crippen molar-refractivity contribution >= 4 is 16.8 Å². The smallest absolute Gasteiger partial charge is 0.272 e. The molecule has 1 aliphatic rings. The number of H-pyrrole nitrogens is 2. The number of aliphatic hydroxyl groups excluding tert-OH is 1. The topological polar surface area (TPSA) is 106 Å². The van der Waals surface area contributed by atoms with Gasteiger partial charge in [0.15, 0.2) is 5.69 Å². The van der Waals surface area contributed by atoms with E-state index in [1.807, 2.05) is 30.5 Å². The lowest BCUT2D eigenvalue weighted by molar-refractivity contribution is 0.0910. The minimum absolute atomic E-state index is 0.129. The molecule has 130 valence electrons. The van der Waals surface area contributed by atoms with E-state index in [1.54, 1.807) is 0 Å². The van der Waals surface area contributed by atoms with Crippen molar-refractivity contribution in [2.24, 2.45) is 0 Å². The van der Waals surface area contributed by atoms with E-state index in [0.29, 0.717) is 18.7 Å². The predicted octanol–water partition coefficient (Wildman–Crippen LogP) is 0.870. The molecule has 25 heavy (non-hydrogen) atoms. The Balaban J connectivity index is 1.50. The lowest BCUT2D eigenvalue weighted by atomic mass is 10.0. The van der Waals surface area contributed by atoms with Gasteiger partial charge in [-0.3, -0.25) is 9.89 Å². The fraction of sp³-hybridized carbons (Fsp3) is 0.333. The minimum Gasteiger partial charge on any atom is -0.394 e. The third kappa shape index (κ3) is 3.04. The summed E-state index contributed by atoms with van der Waals surface area (Å²) in [5, 5.41) is 24.1. The molecule has 5 N–H and O–H groups in total. The largest absolute Gasteiger partial charge is 0.394 e. The molecule has 0 bridgehead atoms. The number of carbonyl (C=O) groups is 1. The van der Waals surface area contributed by atoms with Crippen LogP contribution in [0.15, 0.2) is 30.5 Å². The Kier molecular flexibility index (Phi) is 4.25. The maximum absolute atomic E-state index is 12.6. The number of carbonyl (C=O) groups excluding carboxylic acids is 1. The number of benzene rings is 1. The highest BCUT2D eigenvalue weighted by Gasteiger charge is 2.23. The summed E-state index contributed by atoms with van der Waals surface area (Å²) in [5.41, 5.74) is 4.47. The van der Waals surface area contributed by atoms with Crippen molar-refractivity contribution in [2.75, 3.05) is 13.2 Å². The fourth-order valence-corrected chi connectivity index (χ4v) is 3.39. The van der Waals surface area contributed by atoms with E-state index < -0.39 is 0 Å². The number of aromatic amines is 2. The van der Waals surface area contributed by atoms with Crippen LogP contribution >= 0.6 is 0 Å². The highest BCUT2D eigenvalue weighted by atomic mass is 16.3. The summed E-state index contributed by atoms with van der Waals surface area (Å²) in [6.45, 7) is 1.40. The Morgan fingerprint density at radius 1 is 1.36 bits per heavy atom. The molecule has 0 saturated heterocycles. The number of rotatable bonds is 5. The maximum Gasteiger partial charge on any atom is 0.272 e. The van der Waals surface area contributed by atoms with E-state index in [4.69, 9.17) is 0 Å². The summed E-state index contributed by atoms with van der Waals surface area (Å²) in [4.78, 5) is 15.8. The number of aromatic nitrogens is 3. The molecule has 4 rings (SSSR count). The molecule has 0 aliphatic carbocycles. The van der Waals surface area contributed by atoms with Crippen molar-refractivity contribution < 1.29 is 9.90 Å². The zero-order chi connectivity index (χ0) is 17.2. The van der Waals surface area contributed by atoms with Gasteiger partial charge in [-0.1, -0.05) is 18.2 Å². The summed E-state index contributed by atoms with van der Waals surface area (Å²) >= 11 is 0. The standard InChI is InChI=1S/C18H21N5O2/c24-10-12(7-11-8-20-15-4-2-1-3-13(11)15)21-18(25)17-14-9-19-6-5-16(14)22-23-17/h1-4,8,12,19-20,24H,5-7,9-10H2,(H,21,25)(H,22,23). The fourth-order valence-electron chi connectivity index (χ4n) is 3.39. The minimum atomic E-state index is -0.365. The second-order valence-electron chi connectivity index (χ2n) is 6.37. The maximum atomic E-state index is 12.6. The quantitative estimate of drug-likeness (QED) is 0.475. The van der Waals surface area contributed by atoms with Gasteiger partial charge in [0, 0.05) is 47.9 Å². The Hall–Kier alpha value is -2.64. The molecule has 1 atom stereocenters. The van der Waals surface area contributed by atoms with E-state index in [0.717, 1.165) is 40.7 Å². The van der Waals surface area contributed by atoms with E-state index in [9.17, 15) is 9.90 Å². The number of hydrogen-bond donors (Lipinski definition) is 5. The van der Waals surface area contributed by atoms with Crippen LogP contribution in [-0.2, 0) is 19.4 Å². The second-order valence-corrected chi connectivity index (χ2v) is 6.37. The van der Waals surface area contributed by atoms with Crippen molar-refractivity contribution in [3.63, 3.8) is 0 Å². The van der Waals surface area contributed by atoms with Crippen LogP contribution in [0.5, 0.6) is 0 Å². The number of aliphatic hydroxyl groups is 1. The first-order valence-electron chi connectivity index (χ1n) is 8.50. The average Bonchev–Trinajstić information content (AvgIpc) is 3.25. The van der Waals surface area contributed by atoms with Crippen LogP contribution in [-0.4, -0.2) is 45.4 Å². The highest BCUT2D eigenvalue weighted by Crippen LogP contribution is 2.20. The molecule has 3 heterocycles. The van der Waals surface area contributed by atoms with Crippen LogP contribution in [0.1, 0.15) is 27.3 Å². The number of nitrogens with one attached hydrogen (secondary N) is 4. The summed E-state index contributed by atoms with van der Waals surface area (Å²) in [5.74, 6) is -0.250. The van der Waals surface area contributed by atoms with Gasteiger partial charge in [0.05, 0.1) is 12.6 Å². The van der Waals surface area contributed by atoms with Crippen LogP contribution in [0.3, 0.4) is 0 Å². The predicted molar refractivity (Wildman–Crippen MR) is 94.3 cm³/mol. The van der Waals surface area contributed by atoms with E-state index in [-0.39, 0.29) is 18.6 Å². The molecule has 0 fully saturated rings. The molecule has 7 heteroatoms. The number of para-hydroxylation sites is 1. The molecule has 0 saturated carbocycles. The van der Waals surface area contributed by atoms with Gasteiger partial charge in [-0.2, -0.15) is 5.10 Å². The van der Waals surface area contributed by atoms with Gasteiger partial charge in [-0.15, -0.1) is 0 Å². The lowest BCUT2D eigenvalue weighted by Gasteiger charge is -2.17. The Morgan fingerprint density at radius 2 is 2.24 bits per heavy atom. The number of amides is 1. The van der Waals surface area contributed by atoms with Gasteiger partial charge in [0.25, 0.3) is 5.91 Å². The SMILES string of the molecule is O=C(NC(CO)Cc1c[nH]c2ccccc12)c1n[nH]c2c1CNCC2. The van der Waals surface area contributed by atoms with Crippen LogP contribution in [0, 0.1) is 0 Å². The molecule has 2 aromatic heterocycles. The van der Waals surface area contributed by atoms with Gasteiger partial charge in [-0.05, 0) is 18.1 Å². The third-order valence-corrected chi connectivity index (χ3v) is 4.72. The first-order valence-corrected chi connectivity index (χ1v) is 8.50. The zero-order valence-corrected chi connectivity index (χ0v) is 13.8. The van der Waals surface area contributed by atoms with Gasteiger partial charge in [0.1, 0.15) is 0 Å². The normalized spacial score (nSPS) is 15.1. The van der Waals surface area contributed by atoms with Crippen molar-refractivity contribution in [1.29, 1.82) is 0 Å². The van der Waals surface area contributed by atoms with Crippen molar-refractivity contribution in [3.8, 4) is 0 Å². The number of fused-ring (bicyclic) bond motifs is 2. The van der Waals surface area contributed by atoms with Crippen molar-refractivity contribution in [1.82, 2.24) is 25.8 Å². The molecule has 0 radical (unpaired) electrons. The summed E-state index contributed by atoms with van der Waals surface area (Å²) in [6, 6.07) is 7.63. The van der Waals surface area contributed by atoms with Crippen LogP contribution < -0.4 is 10.6 Å². The summed E-state index contributed by atoms with van der Waals surface area (Å²) < 4.78 is 0. The Morgan fingerprint density at radius 3 is 3.12 bits per heavy atom. The van der Waals surface area contributed by atoms with Crippen LogP contribution in [0.2, 0.25) is 0 Å². The zero-order valence-electron chi connectivity index (χ0n) is 13.8. The monoisotopic (exact) mass is 339 g/mol. The summed E-state index contributed by atoms with van der Waals surface area (Å²) in [7, 11) is 0. The number of hydrogen-bond acceptors (Lipinski definition) is 4. The highest BCUT2D eigenvalue weighted by molar-refractivity contribution is 5.94. The molecule has 0 spiro atoms. The molecule has 1 amide bonds. The second kappa shape index (κ2) is 6.70. The molecule has 1 unspecified atom stereocenters. The van der Waals surface area contributed by atoms with Crippen molar-refractivity contribution in [2.45, 2.75) is 25.4 Å². The molecular formula is C18H21N5O2. The van der Waals surface area contributed by atoms with Crippen molar-refractivity contribution in [3.05, 3.63) is 53.0 Å². The first kappa shape index (κ1) is 15.9. The van der Waals surface area contributed by atoms with Gasteiger partial charge in [-0.25, -0.2) is 0 Å². The average molecular weight is 339 g/mol. The molecule has 1 aromatic carbocycles. The molecule has 7 nitrogen and oxygen atoms in total.